The van der Waals surface area contributed by atoms with Crippen molar-refractivity contribution in [2.24, 2.45) is 11.3 Å². The lowest BCUT2D eigenvalue weighted by atomic mass is 9.50. The number of esters is 1. The molecule has 1 saturated carbocycles. The van der Waals surface area contributed by atoms with E-state index in [2.05, 4.69) is 26.0 Å². The fourth-order valence-electron chi connectivity index (χ4n) is 5.19. The minimum Gasteiger partial charge on any atom is -0.469 e. The van der Waals surface area contributed by atoms with Crippen LogP contribution in [0.2, 0.25) is 0 Å². The summed E-state index contributed by atoms with van der Waals surface area (Å²) in [6.07, 6.45) is 4.95. The van der Waals surface area contributed by atoms with Crippen molar-refractivity contribution in [3.8, 4) is 0 Å². The van der Waals surface area contributed by atoms with Gasteiger partial charge in [0.15, 0.2) is 5.78 Å². The molecule has 3 rings (SSSR count). The maximum atomic E-state index is 12.5. The summed E-state index contributed by atoms with van der Waals surface area (Å²) in [4.78, 5) is 24.1. The predicted octanol–water partition coefficient (Wildman–Crippen LogP) is 4.07. The Kier molecular flexibility index (Phi) is 3.86. The molecule has 0 N–H and O–H groups in total. The van der Waals surface area contributed by atoms with E-state index < -0.39 is 5.41 Å². The molecule has 2 aliphatic rings. The maximum absolute atomic E-state index is 12.5. The van der Waals surface area contributed by atoms with Crippen LogP contribution in [0.1, 0.15) is 67.9 Å². The van der Waals surface area contributed by atoms with Crippen LogP contribution in [-0.2, 0) is 21.4 Å². The van der Waals surface area contributed by atoms with E-state index in [0.717, 1.165) is 37.7 Å². The van der Waals surface area contributed by atoms with Gasteiger partial charge in [0, 0.05) is 5.56 Å². The van der Waals surface area contributed by atoms with Crippen LogP contribution in [0.3, 0.4) is 0 Å². The van der Waals surface area contributed by atoms with Crippen molar-refractivity contribution in [1.82, 2.24) is 0 Å². The van der Waals surface area contributed by atoms with Crippen LogP contribution in [0.15, 0.2) is 18.2 Å². The third-order valence-corrected chi connectivity index (χ3v) is 6.41. The third kappa shape index (κ3) is 2.32. The Labute approximate surface area is 138 Å². The molecular weight excluding hydrogens is 288 g/mol. The number of benzene rings is 1. The molecule has 0 unspecified atom stereocenters. The highest BCUT2D eigenvalue weighted by Crippen LogP contribution is 2.57. The van der Waals surface area contributed by atoms with Gasteiger partial charge in [-0.2, -0.15) is 0 Å². The standard InChI is InChI=1S/C20H26O3/c1-13(21)14-6-8-16-15(12-14)7-9-17-19(16,2)10-5-11-20(17,3)18(22)23-4/h6,8,12,17H,5,7,9-11H2,1-4H3/t17-,19-,20-/m1/s1. The van der Waals surface area contributed by atoms with Crippen LogP contribution in [0.25, 0.3) is 0 Å². The minimum atomic E-state index is -0.404. The summed E-state index contributed by atoms with van der Waals surface area (Å²) < 4.78 is 5.14. The number of fused-ring (bicyclic) bond motifs is 3. The molecule has 0 amide bonds. The molecule has 3 nitrogen and oxygen atoms in total. The average molecular weight is 314 g/mol. The quantitative estimate of drug-likeness (QED) is 0.610. The second-order valence-corrected chi connectivity index (χ2v) is 7.70. The van der Waals surface area contributed by atoms with E-state index in [0.29, 0.717) is 5.92 Å². The van der Waals surface area contributed by atoms with Gasteiger partial charge in [-0.3, -0.25) is 9.59 Å². The van der Waals surface area contributed by atoms with Crippen LogP contribution in [0, 0.1) is 11.3 Å². The molecule has 3 heteroatoms. The monoisotopic (exact) mass is 314 g/mol. The second-order valence-electron chi connectivity index (χ2n) is 7.70. The first kappa shape index (κ1) is 16.2. The van der Waals surface area contributed by atoms with Gasteiger partial charge in [-0.15, -0.1) is 0 Å². The topological polar surface area (TPSA) is 43.4 Å². The van der Waals surface area contributed by atoms with Crippen molar-refractivity contribution in [1.29, 1.82) is 0 Å². The smallest absolute Gasteiger partial charge is 0.311 e. The molecule has 23 heavy (non-hydrogen) atoms. The Hall–Kier alpha value is -1.64. The van der Waals surface area contributed by atoms with Gasteiger partial charge in [-0.25, -0.2) is 0 Å². The number of methoxy groups -OCH3 is 1. The normalized spacial score (nSPS) is 32.6. The number of hydrogen-bond acceptors (Lipinski definition) is 3. The average Bonchev–Trinajstić information content (AvgIpc) is 2.53. The van der Waals surface area contributed by atoms with Crippen molar-refractivity contribution in [2.45, 2.75) is 58.3 Å². The lowest BCUT2D eigenvalue weighted by Crippen LogP contribution is -2.52. The summed E-state index contributed by atoms with van der Waals surface area (Å²) in [6, 6.07) is 6.13. The van der Waals surface area contributed by atoms with E-state index in [-0.39, 0.29) is 17.2 Å². The van der Waals surface area contributed by atoms with E-state index in [1.165, 1.54) is 18.2 Å². The Balaban J connectivity index is 2.07. The lowest BCUT2D eigenvalue weighted by Gasteiger charge is -2.54. The molecule has 1 aromatic rings. The second kappa shape index (κ2) is 5.47. The van der Waals surface area contributed by atoms with Gasteiger partial charge in [0.05, 0.1) is 12.5 Å². The number of carbonyl (C=O) groups is 2. The highest BCUT2D eigenvalue weighted by molar-refractivity contribution is 5.94. The van der Waals surface area contributed by atoms with Gasteiger partial charge in [0.25, 0.3) is 0 Å². The molecule has 0 aromatic heterocycles. The van der Waals surface area contributed by atoms with Gasteiger partial charge in [-0.1, -0.05) is 25.5 Å². The van der Waals surface area contributed by atoms with Crippen LogP contribution < -0.4 is 0 Å². The fraction of sp³-hybridized carbons (Fsp3) is 0.600. The van der Waals surface area contributed by atoms with Crippen LogP contribution in [-0.4, -0.2) is 18.9 Å². The maximum Gasteiger partial charge on any atom is 0.311 e. The van der Waals surface area contributed by atoms with Crippen LogP contribution in [0.4, 0.5) is 0 Å². The molecule has 0 saturated heterocycles. The van der Waals surface area contributed by atoms with Crippen molar-refractivity contribution in [3.05, 3.63) is 34.9 Å². The fourth-order valence-corrected chi connectivity index (χ4v) is 5.19. The molecule has 3 atom stereocenters. The Morgan fingerprint density at radius 3 is 2.61 bits per heavy atom. The zero-order valence-corrected chi connectivity index (χ0v) is 14.6. The number of rotatable bonds is 2. The molecule has 2 aliphatic carbocycles. The summed E-state index contributed by atoms with van der Waals surface area (Å²) in [5, 5.41) is 0. The first-order valence-corrected chi connectivity index (χ1v) is 8.55. The molecule has 1 aromatic carbocycles. The molecule has 124 valence electrons. The van der Waals surface area contributed by atoms with Crippen LogP contribution >= 0.6 is 0 Å². The Morgan fingerprint density at radius 2 is 1.96 bits per heavy atom. The molecule has 0 bridgehead atoms. The third-order valence-electron chi connectivity index (χ3n) is 6.41. The summed E-state index contributed by atoms with van der Waals surface area (Å²) in [5.41, 5.74) is 2.99. The predicted molar refractivity (Wildman–Crippen MR) is 89.6 cm³/mol. The van der Waals surface area contributed by atoms with E-state index in [9.17, 15) is 9.59 Å². The van der Waals surface area contributed by atoms with Crippen molar-refractivity contribution < 1.29 is 14.3 Å². The molecule has 0 heterocycles. The summed E-state index contributed by atoms with van der Waals surface area (Å²) in [5.74, 6) is 0.340. The first-order chi connectivity index (χ1) is 10.8. The van der Waals surface area contributed by atoms with E-state index in [1.54, 1.807) is 6.92 Å². The van der Waals surface area contributed by atoms with Gasteiger partial charge < -0.3 is 4.74 Å². The van der Waals surface area contributed by atoms with Gasteiger partial charge in [-0.05, 0) is 68.1 Å². The minimum absolute atomic E-state index is 0.00983. The molecular formula is C20H26O3. The SMILES string of the molecule is COC(=O)[C@]1(C)CCC[C@]2(C)c3ccc(C(C)=O)cc3CC[C@@H]12. The number of ether oxygens (including phenoxy) is 1. The number of Topliss-reactive ketones (excluding diaryl/α,β-unsaturated/α-hetero) is 1. The largest absolute Gasteiger partial charge is 0.469 e. The summed E-state index contributed by atoms with van der Waals surface area (Å²) in [7, 11) is 1.50. The first-order valence-electron chi connectivity index (χ1n) is 8.55. The zero-order chi connectivity index (χ0) is 16.8. The summed E-state index contributed by atoms with van der Waals surface area (Å²) in [6.45, 7) is 5.99. The van der Waals surface area contributed by atoms with Crippen molar-refractivity contribution in [2.75, 3.05) is 7.11 Å². The highest BCUT2D eigenvalue weighted by Gasteiger charge is 2.55. The van der Waals surface area contributed by atoms with Gasteiger partial charge in [0.2, 0.25) is 0 Å². The van der Waals surface area contributed by atoms with E-state index >= 15 is 0 Å². The molecule has 0 aliphatic heterocycles. The molecule has 0 radical (unpaired) electrons. The van der Waals surface area contributed by atoms with Gasteiger partial charge in [0.1, 0.15) is 0 Å². The van der Waals surface area contributed by atoms with Crippen molar-refractivity contribution in [3.63, 3.8) is 0 Å². The highest BCUT2D eigenvalue weighted by atomic mass is 16.5. The zero-order valence-electron chi connectivity index (χ0n) is 14.6. The number of hydrogen-bond donors (Lipinski definition) is 0. The van der Waals surface area contributed by atoms with E-state index in [1.807, 2.05) is 6.07 Å². The molecule has 0 spiro atoms. The number of aryl methyl sites for hydroxylation is 1. The molecule has 1 fully saturated rings. The van der Waals surface area contributed by atoms with Crippen LogP contribution in [0.5, 0.6) is 0 Å². The lowest BCUT2D eigenvalue weighted by molar-refractivity contribution is -0.161. The van der Waals surface area contributed by atoms with E-state index in [4.69, 9.17) is 4.74 Å². The van der Waals surface area contributed by atoms with Crippen molar-refractivity contribution >= 4 is 11.8 Å². The number of carbonyl (C=O) groups excluding carboxylic acids is 2. The van der Waals surface area contributed by atoms with Gasteiger partial charge >= 0.3 is 5.97 Å². The Bertz CT molecular complexity index is 663. The number of ketones is 1. The Morgan fingerprint density at radius 1 is 1.22 bits per heavy atom. The summed E-state index contributed by atoms with van der Waals surface area (Å²) >= 11 is 0.